The lowest BCUT2D eigenvalue weighted by molar-refractivity contribution is -0.118. The summed E-state index contributed by atoms with van der Waals surface area (Å²) in [6, 6.07) is 9.73. The van der Waals surface area contributed by atoms with Gasteiger partial charge in [0, 0.05) is 48.6 Å². The zero-order valence-corrected chi connectivity index (χ0v) is 14.5. The molecule has 3 aromatic rings. The van der Waals surface area contributed by atoms with Crippen LogP contribution in [0.25, 0.3) is 10.9 Å². The number of benzene rings is 1. The maximum atomic E-state index is 12.3. The number of primary amides is 1. The number of pyridine rings is 1. The number of para-hydroxylation sites is 1. The number of hydrogen-bond acceptors (Lipinski definition) is 4. The van der Waals surface area contributed by atoms with E-state index in [1.165, 1.54) is 0 Å². The molecule has 0 aliphatic rings. The lowest BCUT2D eigenvalue weighted by Crippen LogP contribution is -2.23. The van der Waals surface area contributed by atoms with Gasteiger partial charge in [0.1, 0.15) is 5.82 Å². The number of anilines is 1. The number of aryl methyl sites for hydroxylation is 1. The highest BCUT2D eigenvalue weighted by Gasteiger charge is 2.27. The molecule has 7 heteroatoms. The maximum Gasteiger partial charge on any atom is 0.267 e. The molecule has 0 radical (unpaired) electrons. The maximum absolute atomic E-state index is 12.3. The molecule has 1 aromatic carbocycles. The number of carbonyl (C=O) groups is 1. The fourth-order valence-electron chi connectivity index (χ4n) is 3.18. The topological polar surface area (TPSA) is 108 Å². The fourth-order valence-corrected chi connectivity index (χ4v) is 3.18. The molecule has 0 spiro atoms. The molecule has 7 nitrogen and oxygen atoms in total. The number of fused-ring (bicyclic) bond motifs is 1. The molecule has 0 saturated carbocycles. The van der Waals surface area contributed by atoms with Crippen LogP contribution in [0.1, 0.15) is 29.2 Å². The van der Waals surface area contributed by atoms with E-state index in [0.717, 1.165) is 16.5 Å². The Hall–Kier alpha value is -3.09. The normalized spacial score (nSPS) is 12.3. The van der Waals surface area contributed by atoms with Crippen LogP contribution in [0.2, 0.25) is 0 Å². The highest BCUT2D eigenvalue weighted by atomic mass is 16.1. The predicted molar refractivity (Wildman–Crippen MR) is 97.9 cm³/mol. The van der Waals surface area contributed by atoms with E-state index < -0.39 is 11.8 Å². The Morgan fingerprint density at radius 1 is 1.28 bits per heavy atom. The molecule has 3 rings (SSSR count). The van der Waals surface area contributed by atoms with Crippen molar-refractivity contribution in [2.75, 3.05) is 19.0 Å². The van der Waals surface area contributed by atoms with Gasteiger partial charge in [0.15, 0.2) is 0 Å². The van der Waals surface area contributed by atoms with E-state index in [1.54, 1.807) is 6.92 Å². The summed E-state index contributed by atoms with van der Waals surface area (Å²) in [5, 5.41) is 6.35. The summed E-state index contributed by atoms with van der Waals surface area (Å²) in [6.07, 6.45) is 0.0304. The summed E-state index contributed by atoms with van der Waals surface area (Å²) in [7, 11) is 3.77. The summed E-state index contributed by atoms with van der Waals surface area (Å²) in [4.78, 5) is 30.6. The Morgan fingerprint density at radius 2 is 2.00 bits per heavy atom. The van der Waals surface area contributed by atoms with Gasteiger partial charge >= 0.3 is 0 Å². The third-order valence-electron chi connectivity index (χ3n) is 4.30. The van der Waals surface area contributed by atoms with E-state index in [4.69, 9.17) is 10.7 Å². The van der Waals surface area contributed by atoms with Gasteiger partial charge in [-0.3, -0.25) is 14.7 Å². The smallest absolute Gasteiger partial charge is 0.267 e. The van der Waals surface area contributed by atoms with Crippen LogP contribution in [0, 0.1) is 6.92 Å². The molecule has 25 heavy (non-hydrogen) atoms. The quantitative estimate of drug-likeness (QED) is 0.656. The van der Waals surface area contributed by atoms with Crippen LogP contribution in [0.15, 0.2) is 35.1 Å². The first-order valence-corrected chi connectivity index (χ1v) is 8.01. The number of carbonyl (C=O) groups excluding carboxylic acids is 1. The average Bonchev–Trinajstić information content (AvgIpc) is 2.90. The molecule has 0 unspecified atom stereocenters. The van der Waals surface area contributed by atoms with Crippen LogP contribution in [0.5, 0.6) is 0 Å². The second kappa shape index (κ2) is 6.43. The lowest BCUT2D eigenvalue weighted by Gasteiger charge is -2.23. The number of H-pyrrole nitrogens is 2. The number of nitrogens with two attached hydrogens (primary N) is 1. The van der Waals surface area contributed by atoms with Gasteiger partial charge < -0.3 is 15.7 Å². The minimum atomic E-state index is -0.470. The molecule has 4 N–H and O–H groups in total. The van der Waals surface area contributed by atoms with Crippen LogP contribution < -0.4 is 16.2 Å². The van der Waals surface area contributed by atoms with Crippen molar-refractivity contribution in [3.05, 3.63) is 57.5 Å². The molecule has 2 heterocycles. The zero-order chi connectivity index (χ0) is 18.1. The second-order valence-electron chi connectivity index (χ2n) is 6.33. The molecule has 0 aliphatic carbocycles. The standard InChI is InChI=1S/C18H21N5O2/c1-10-16(18(25)22-21-10)12(9-15(19)24)13-8-11-6-4-5-7-14(11)20-17(13)23(2)3/h4-8,12H,9H2,1-3H3,(H2,19,24)(H2,21,22,25)/t12-/m1/s1. The van der Waals surface area contributed by atoms with E-state index in [0.29, 0.717) is 17.1 Å². The first kappa shape index (κ1) is 16.8. The van der Waals surface area contributed by atoms with E-state index in [9.17, 15) is 9.59 Å². The second-order valence-corrected chi connectivity index (χ2v) is 6.33. The fraction of sp³-hybridized carbons (Fsp3) is 0.278. The summed E-state index contributed by atoms with van der Waals surface area (Å²) < 4.78 is 0. The number of hydrogen-bond donors (Lipinski definition) is 3. The predicted octanol–water partition coefficient (Wildman–Crippen LogP) is 1.63. The molecule has 2 aromatic heterocycles. The number of nitrogens with zero attached hydrogens (tertiary/aromatic N) is 2. The summed E-state index contributed by atoms with van der Waals surface area (Å²) in [5.41, 5.74) is 8.09. The van der Waals surface area contributed by atoms with Crippen LogP contribution in [0.4, 0.5) is 5.82 Å². The van der Waals surface area contributed by atoms with Gasteiger partial charge in [-0.1, -0.05) is 18.2 Å². The summed E-state index contributed by atoms with van der Waals surface area (Å²) >= 11 is 0. The number of nitrogens with one attached hydrogen (secondary N) is 2. The monoisotopic (exact) mass is 339 g/mol. The molecule has 0 fully saturated rings. The van der Waals surface area contributed by atoms with Crippen molar-refractivity contribution in [1.29, 1.82) is 0 Å². The highest BCUT2D eigenvalue weighted by Crippen LogP contribution is 2.35. The Labute approximate surface area is 144 Å². The first-order chi connectivity index (χ1) is 11.9. The van der Waals surface area contributed by atoms with Gasteiger partial charge in [-0.25, -0.2) is 4.98 Å². The van der Waals surface area contributed by atoms with Crippen LogP contribution in [-0.2, 0) is 4.79 Å². The summed E-state index contributed by atoms with van der Waals surface area (Å²) in [6.45, 7) is 1.80. The molecule has 130 valence electrons. The Balaban J connectivity index is 2.29. The molecule has 0 saturated heterocycles. The first-order valence-electron chi connectivity index (χ1n) is 8.01. The van der Waals surface area contributed by atoms with Gasteiger partial charge in [-0.2, -0.15) is 0 Å². The summed E-state index contributed by atoms with van der Waals surface area (Å²) in [5.74, 6) is -0.227. The van der Waals surface area contributed by atoms with Crippen molar-refractivity contribution in [2.45, 2.75) is 19.3 Å². The van der Waals surface area contributed by atoms with Crippen molar-refractivity contribution >= 4 is 22.6 Å². The van der Waals surface area contributed by atoms with Crippen molar-refractivity contribution in [3.8, 4) is 0 Å². The highest BCUT2D eigenvalue weighted by molar-refractivity contribution is 5.83. The van der Waals surface area contributed by atoms with Crippen molar-refractivity contribution < 1.29 is 4.79 Å². The van der Waals surface area contributed by atoms with Crippen LogP contribution >= 0.6 is 0 Å². The third-order valence-corrected chi connectivity index (χ3v) is 4.30. The number of aromatic nitrogens is 3. The number of rotatable bonds is 5. The molecule has 1 atom stereocenters. The SMILES string of the molecule is Cc1[nH][nH]c(=O)c1[C@H](CC(N)=O)c1cc2ccccc2nc1N(C)C. The van der Waals surface area contributed by atoms with Gasteiger partial charge in [-0.05, 0) is 19.1 Å². The van der Waals surface area contributed by atoms with E-state index in [1.807, 2.05) is 49.3 Å². The minimum absolute atomic E-state index is 0.0304. The molecule has 0 bridgehead atoms. The number of amides is 1. The Kier molecular flexibility index (Phi) is 4.31. The zero-order valence-electron chi connectivity index (χ0n) is 14.5. The largest absolute Gasteiger partial charge is 0.370 e. The van der Waals surface area contributed by atoms with Gasteiger partial charge in [0.05, 0.1) is 5.52 Å². The van der Waals surface area contributed by atoms with E-state index in [-0.39, 0.29) is 12.0 Å². The average molecular weight is 339 g/mol. The van der Waals surface area contributed by atoms with Gasteiger partial charge in [-0.15, -0.1) is 0 Å². The minimum Gasteiger partial charge on any atom is -0.370 e. The molecular weight excluding hydrogens is 318 g/mol. The van der Waals surface area contributed by atoms with E-state index >= 15 is 0 Å². The van der Waals surface area contributed by atoms with Crippen molar-refractivity contribution in [3.63, 3.8) is 0 Å². The number of aromatic amines is 2. The molecule has 1 amide bonds. The van der Waals surface area contributed by atoms with Crippen molar-refractivity contribution in [2.24, 2.45) is 5.73 Å². The third kappa shape index (κ3) is 3.13. The molecule has 0 aliphatic heterocycles. The van der Waals surface area contributed by atoms with Crippen LogP contribution in [-0.4, -0.2) is 35.2 Å². The van der Waals surface area contributed by atoms with Crippen molar-refractivity contribution in [1.82, 2.24) is 15.2 Å². The Bertz CT molecular complexity index is 987. The lowest BCUT2D eigenvalue weighted by atomic mass is 9.87. The van der Waals surface area contributed by atoms with Gasteiger partial charge in [0.25, 0.3) is 5.56 Å². The van der Waals surface area contributed by atoms with E-state index in [2.05, 4.69) is 10.2 Å². The van der Waals surface area contributed by atoms with Gasteiger partial charge in [0.2, 0.25) is 5.91 Å². The van der Waals surface area contributed by atoms with Crippen LogP contribution in [0.3, 0.4) is 0 Å². The molecular formula is C18H21N5O2. The Morgan fingerprint density at radius 3 is 2.60 bits per heavy atom.